The Morgan fingerprint density at radius 3 is 1.71 bits per heavy atom. The van der Waals surface area contributed by atoms with Crippen LogP contribution >= 0.6 is 0 Å². The van der Waals surface area contributed by atoms with E-state index in [0.29, 0.717) is 0 Å². The molecule has 0 spiro atoms. The Morgan fingerprint density at radius 1 is 1.14 bits per heavy atom. The van der Waals surface area contributed by atoms with Gasteiger partial charge >= 0.3 is 18.4 Å². The number of hydrogen-bond acceptors (Lipinski definition) is 6. The third-order valence-corrected chi connectivity index (χ3v) is 0.964. The molecule has 0 aromatic heterocycles. The molecule has 0 radical (unpaired) electrons. The number of carbonyl (C=O) groups excluding carboxylic acids is 2. The Kier molecular flexibility index (Phi) is 4.60. The van der Waals surface area contributed by atoms with E-state index in [9.17, 15) is 18.4 Å². The van der Waals surface area contributed by atoms with Gasteiger partial charge in [-0.25, -0.2) is 14.0 Å². The molecule has 0 aromatic carbocycles. The summed E-state index contributed by atoms with van der Waals surface area (Å²) in [6, 6.07) is -3.53. The molecule has 0 aliphatic carbocycles. The van der Waals surface area contributed by atoms with Gasteiger partial charge in [0.2, 0.25) is 6.67 Å². The summed E-state index contributed by atoms with van der Waals surface area (Å²) < 4.78 is 40.1. The molecule has 0 heterocycles. The Labute approximate surface area is 77.7 Å². The molecule has 0 N–H and O–H groups in total. The first-order chi connectivity index (χ1) is 6.47. The molecule has 0 saturated heterocycles. The minimum absolute atomic E-state index is 0.874. The number of rotatable bonds is 3. The maximum atomic E-state index is 13.0. The standard InChI is InChI=1S/C6H8F2O6/c1-11-4(9)13-6(8,3-7)14-5(10)12-2/h3H2,1-2H3. The van der Waals surface area contributed by atoms with Gasteiger partial charge in [-0.3, -0.25) is 0 Å². The Morgan fingerprint density at radius 2 is 1.50 bits per heavy atom. The van der Waals surface area contributed by atoms with Crippen LogP contribution < -0.4 is 0 Å². The van der Waals surface area contributed by atoms with Gasteiger partial charge in [0, 0.05) is 0 Å². The van der Waals surface area contributed by atoms with Crippen LogP contribution in [0.3, 0.4) is 0 Å². The summed E-state index contributed by atoms with van der Waals surface area (Å²) >= 11 is 0. The number of hydrogen-bond donors (Lipinski definition) is 0. The summed E-state index contributed by atoms with van der Waals surface area (Å²) in [5, 5.41) is 0. The monoisotopic (exact) mass is 214 g/mol. The molecular weight excluding hydrogens is 206 g/mol. The molecule has 6 nitrogen and oxygen atoms in total. The highest BCUT2D eigenvalue weighted by Gasteiger charge is 2.40. The zero-order valence-electron chi connectivity index (χ0n) is 7.41. The molecular formula is C6H8F2O6. The number of halogens is 2. The van der Waals surface area contributed by atoms with Crippen molar-refractivity contribution in [1.82, 2.24) is 0 Å². The van der Waals surface area contributed by atoms with Gasteiger partial charge in [0.1, 0.15) is 0 Å². The third kappa shape index (κ3) is 3.87. The first kappa shape index (κ1) is 12.4. The van der Waals surface area contributed by atoms with Crippen molar-refractivity contribution < 1.29 is 37.3 Å². The van der Waals surface area contributed by atoms with Gasteiger partial charge in [-0.1, -0.05) is 0 Å². The van der Waals surface area contributed by atoms with Crippen LogP contribution in [0.1, 0.15) is 0 Å². The molecule has 0 rings (SSSR count). The van der Waals surface area contributed by atoms with Crippen LogP contribution in [0.2, 0.25) is 0 Å². The fourth-order valence-corrected chi connectivity index (χ4v) is 0.408. The molecule has 0 atom stereocenters. The van der Waals surface area contributed by atoms with E-state index in [4.69, 9.17) is 0 Å². The smallest absolute Gasteiger partial charge is 0.437 e. The second kappa shape index (κ2) is 5.20. The highest BCUT2D eigenvalue weighted by molar-refractivity contribution is 5.62. The molecule has 0 aliphatic heterocycles. The van der Waals surface area contributed by atoms with E-state index < -0.39 is 25.0 Å². The van der Waals surface area contributed by atoms with Crippen molar-refractivity contribution in [2.45, 2.75) is 6.04 Å². The minimum atomic E-state index is -3.53. The number of ether oxygens (including phenoxy) is 4. The molecule has 0 fully saturated rings. The summed E-state index contributed by atoms with van der Waals surface area (Å²) in [7, 11) is 1.75. The summed E-state index contributed by atoms with van der Waals surface area (Å²) in [6.07, 6.45) is -3.07. The van der Waals surface area contributed by atoms with E-state index in [-0.39, 0.29) is 0 Å². The zero-order chi connectivity index (χ0) is 11.2. The lowest BCUT2D eigenvalue weighted by atomic mass is 10.6. The Balaban J connectivity index is 4.31. The normalized spacial score (nSPS) is 10.3. The van der Waals surface area contributed by atoms with Crippen molar-refractivity contribution in [3.05, 3.63) is 0 Å². The average Bonchev–Trinajstić information content (AvgIpc) is 2.17. The first-order valence-corrected chi connectivity index (χ1v) is 3.26. The van der Waals surface area contributed by atoms with E-state index in [1.165, 1.54) is 0 Å². The summed E-state index contributed by atoms with van der Waals surface area (Å²) in [5.74, 6) is 0. The predicted molar refractivity (Wildman–Crippen MR) is 36.8 cm³/mol. The Bertz CT molecular complexity index is 200. The average molecular weight is 214 g/mol. The maximum absolute atomic E-state index is 13.0. The van der Waals surface area contributed by atoms with Gasteiger partial charge in [0.25, 0.3) is 0 Å². The molecule has 0 aliphatic rings. The van der Waals surface area contributed by atoms with Gasteiger partial charge < -0.3 is 18.9 Å². The van der Waals surface area contributed by atoms with Crippen LogP contribution in [0.5, 0.6) is 0 Å². The van der Waals surface area contributed by atoms with Crippen LogP contribution in [0, 0.1) is 0 Å². The largest absolute Gasteiger partial charge is 0.513 e. The molecule has 0 amide bonds. The lowest BCUT2D eigenvalue weighted by Gasteiger charge is -2.19. The minimum Gasteiger partial charge on any atom is -0.437 e. The number of alkyl halides is 2. The molecule has 8 heteroatoms. The topological polar surface area (TPSA) is 71.1 Å². The molecule has 0 bridgehead atoms. The molecule has 0 saturated carbocycles. The maximum Gasteiger partial charge on any atom is 0.513 e. The highest BCUT2D eigenvalue weighted by Crippen LogP contribution is 2.17. The SMILES string of the molecule is COC(=O)OC(F)(CF)OC(=O)OC. The summed E-state index contributed by atoms with van der Waals surface area (Å²) in [5.41, 5.74) is 0. The fraction of sp³-hybridized carbons (Fsp3) is 0.667. The van der Waals surface area contributed by atoms with Crippen LogP contribution in [0.25, 0.3) is 0 Å². The van der Waals surface area contributed by atoms with E-state index in [1.54, 1.807) is 0 Å². The molecule has 0 aromatic rings. The van der Waals surface area contributed by atoms with E-state index in [0.717, 1.165) is 14.2 Å². The van der Waals surface area contributed by atoms with Crippen molar-refractivity contribution in [1.29, 1.82) is 0 Å². The van der Waals surface area contributed by atoms with Crippen molar-refractivity contribution in [3.8, 4) is 0 Å². The van der Waals surface area contributed by atoms with E-state index >= 15 is 0 Å². The summed E-state index contributed by atoms with van der Waals surface area (Å²) in [6.45, 7) is -1.88. The van der Waals surface area contributed by atoms with Crippen LogP contribution in [0.4, 0.5) is 18.4 Å². The molecule has 0 unspecified atom stereocenters. The Hall–Kier alpha value is -1.60. The van der Waals surface area contributed by atoms with Crippen molar-refractivity contribution in [3.63, 3.8) is 0 Å². The van der Waals surface area contributed by atoms with E-state index in [2.05, 4.69) is 18.9 Å². The number of methoxy groups -OCH3 is 2. The quantitative estimate of drug-likeness (QED) is 0.518. The van der Waals surface area contributed by atoms with Crippen LogP contribution in [-0.2, 0) is 18.9 Å². The fourth-order valence-electron chi connectivity index (χ4n) is 0.408. The number of carbonyl (C=O) groups is 2. The lowest BCUT2D eigenvalue weighted by Crippen LogP contribution is -2.37. The second-order valence-corrected chi connectivity index (χ2v) is 1.91. The van der Waals surface area contributed by atoms with E-state index in [1.807, 2.05) is 0 Å². The predicted octanol–water partition coefficient (Wildman–Crippen LogP) is 1.15. The first-order valence-electron chi connectivity index (χ1n) is 3.26. The molecule has 14 heavy (non-hydrogen) atoms. The van der Waals surface area contributed by atoms with Crippen molar-refractivity contribution in [2.75, 3.05) is 20.9 Å². The van der Waals surface area contributed by atoms with Gasteiger partial charge in [-0.05, 0) is 0 Å². The summed E-state index contributed by atoms with van der Waals surface area (Å²) in [4.78, 5) is 20.7. The lowest BCUT2D eigenvalue weighted by molar-refractivity contribution is -0.274. The second-order valence-electron chi connectivity index (χ2n) is 1.91. The van der Waals surface area contributed by atoms with Gasteiger partial charge in [-0.2, -0.15) is 4.39 Å². The van der Waals surface area contributed by atoms with Gasteiger partial charge in [0.05, 0.1) is 14.2 Å². The highest BCUT2D eigenvalue weighted by atomic mass is 19.2. The van der Waals surface area contributed by atoms with Crippen molar-refractivity contribution >= 4 is 12.3 Å². The van der Waals surface area contributed by atoms with Gasteiger partial charge in [-0.15, -0.1) is 0 Å². The zero-order valence-corrected chi connectivity index (χ0v) is 7.41. The van der Waals surface area contributed by atoms with Gasteiger partial charge in [0.15, 0.2) is 0 Å². The van der Waals surface area contributed by atoms with Crippen LogP contribution in [-0.4, -0.2) is 39.2 Å². The van der Waals surface area contributed by atoms with Crippen molar-refractivity contribution in [2.24, 2.45) is 0 Å². The van der Waals surface area contributed by atoms with Crippen LogP contribution in [0.15, 0.2) is 0 Å². The third-order valence-electron chi connectivity index (χ3n) is 0.964. The molecule has 82 valence electrons.